The highest BCUT2D eigenvalue weighted by Gasteiger charge is 2.04. The van der Waals surface area contributed by atoms with Crippen LogP contribution in [-0.4, -0.2) is 14.7 Å². The van der Waals surface area contributed by atoms with Gasteiger partial charge in [0.05, 0.1) is 16.8 Å². The summed E-state index contributed by atoms with van der Waals surface area (Å²) in [6.07, 6.45) is 1.12. The first-order chi connectivity index (χ1) is 8.54. The first-order valence-corrected chi connectivity index (χ1v) is 7.94. The SMILES string of the molecule is CS(=O)(=O)Nc1ccccc1C#Cc1cccs1. The topological polar surface area (TPSA) is 46.2 Å². The molecular weight excluding hydrogens is 266 g/mol. The Hall–Kier alpha value is -1.77. The van der Waals surface area contributed by atoms with Crippen molar-refractivity contribution in [2.45, 2.75) is 0 Å². The Labute approximate surface area is 111 Å². The van der Waals surface area contributed by atoms with Gasteiger partial charge in [0.25, 0.3) is 0 Å². The molecule has 2 aromatic rings. The molecule has 1 N–H and O–H groups in total. The lowest BCUT2D eigenvalue weighted by atomic mass is 10.2. The molecule has 1 aromatic carbocycles. The molecule has 0 atom stereocenters. The van der Waals surface area contributed by atoms with Crippen molar-refractivity contribution >= 4 is 27.0 Å². The highest BCUT2D eigenvalue weighted by molar-refractivity contribution is 7.92. The Balaban J connectivity index is 2.34. The molecule has 3 nitrogen and oxygen atoms in total. The average Bonchev–Trinajstić information content (AvgIpc) is 2.79. The van der Waals surface area contributed by atoms with Crippen LogP contribution < -0.4 is 4.72 Å². The zero-order valence-corrected chi connectivity index (χ0v) is 11.3. The lowest BCUT2D eigenvalue weighted by molar-refractivity contribution is 0.607. The molecule has 0 saturated carbocycles. The molecular formula is C13H11NO2S2. The third kappa shape index (κ3) is 3.62. The predicted molar refractivity (Wildman–Crippen MR) is 75.2 cm³/mol. The fourth-order valence-corrected chi connectivity index (χ4v) is 2.51. The lowest BCUT2D eigenvalue weighted by Crippen LogP contribution is -2.10. The van der Waals surface area contributed by atoms with E-state index >= 15 is 0 Å². The third-order valence-corrected chi connectivity index (χ3v) is 3.44. The van der Waals surface area contributed by atoms with E-state index in [-0.39, 0.29) is 0 Å². The maximum absolute atomic E-state index is 11.2. The van der Waals surface area contributed by atoms with Crippen LogP contribution in [0.1, 0.15) is 10.4 Å². The summed E-state index contributed by atoms with van der Waals surface area (Å²) in [7, 11) is -3.29. The van der Waals surface area contributed by atoms with Crippen molar-refractivity contribution in [3.8, 4) is 11.8 Å². The predicted octanol–water partition coefficient (Wildman–Crippen LogP) is 2.52. The fourth-order valence-electron chi connectivity index (χ4n) is 1.36. The minimum atomic E-state index is -3.29. The Morgan fingerprint density at radius 3 is 2.56 bits per heavy atom. The first-order valence-electron chi connectivity index (χ1n) is 5.17. The number of hydrogen-bond acceptors (Lipinski definition) is 3. The zero-order valence-electron chi connectivity index (χ0n) is 9.67. The second-order valence-corrected chi connectivity index (χ2v) is 6.34. The molecule has 0 radical (unpaired) electrons. The Bertz CT molecular complexity index is 692. The number of hydrogen-bond donors (Lipinski definition) is 1. The van der Waals surface area contributed by atoms with Crippen molar-refractivity contribution in [3.05, 3.63) is 52.2 Å². The summed E-state index contributed by atoms with van der Waals surface area (Å²) >= 11 is 1.55. The molecule has 0 unspecified atom stereocenters. The number of sulfonamides is 1. The van der Waals surface area contributed by atoms with Crippen LogP contribution in [0, 0.1) is 11.8 Å². The quantitative estimate of drug-likeness (QED) is 0.857. The number of thiophene rings is 1. The summed E-state index contributed by atoms with van der Waals surface area (Å²) in [4.78, 5) is 0.948. The number of rotatable bonds is 2. The monoisotopic (exact) mass is 277 g/mol. The number of benzene rings is 1. The van der Waals surface area contributed by atoms with Crippen molar-refractivity contribution in [2.24, 2.45) is 0 Å². The van der Waals surface area contributed by atoms with Gasteiger partial charge in [-0.25, -0.2) is 8.42 Å². The molecule has 1 aromatic heterocycles. The normalized spacial score (nSPS) is 10.5. The standard InChI is InChI=1S/C13H11NO2S2/c1-18(15,16)14-13-7-3-2-5-11(13)8-9-12-6-4-10-17-12/h2-7,10,14H,1H3. The van der Waals surface area contributed by atoms with Crippen molar-refractivity contribution in [1.82, 2.24) is 0 Å². The molecule has 0 aliphatic heterocycles. The van der Waals surface area contributed by atoms with Crippen molar-refractivity contribution in [1.29, 1.82) is 0 Å². The van der Waals surface area contributed by atoms with Gasteiger partial charge in [0.1, 0.15) is 0 Å². The summed E-state index contributed by atoms with van der Waals surface area (Å²) in [5.74, 6) is 5.97. The summed E-state index contributed by atoms with van der Waals surface area (Å²) in [6.45, 7) is 0. The number of anilines is 1. The third-order valence-electron chi connectivity index (χ3n) is 2.06. The molecule has 92 valence electrons. The first kappa shape index (κ1) is 12.7. The van der Waals surface area contributed by atoms with E-state index in [1.54, 1.807) is 29.5 Å². The van der Waals surface area contributed by atoms with Crippen LogP contribution in [0.25, 0.3) is 0 Å². The summed E-state index contributed by atoms with van der Waals surface area (Å²) in [5.41, 5.74) is 1.17. The van der Waals surface area contributed by atoms with E-state index in [4.69, 9.17) is 0 Å². The van der Waals surface area contributed by atoms with E-state index in [1.165, 1.54) is 0 Å². The van der Waals surface area contributed by atoms with E-state index in [9.17, 15) is 8.42 Å². The molecule has 0 aliphatic rings. The van der Waals surface area contributed by atoms with E-state index < -0.39 is 10.0 Å². The number of para-hydroxylation sites is 1. The average molecular weight is 277 g/mol. The van der Waals surface area contributed by atoms with Gasteiger partial charge in [0.2, 0.25) is 10.0 Å². The maximum atomic E-state index is 11.2. The van der Waals surface area contributed by atoms with Gasteiger partial charge in [-0.05, 0) is 23.6 Å². The fraction of sp³-hybridized carbons (Fsp3) is 0.0769. The maximum Gasteiger partial charge on any atom is 0.229 e. The Kier molecular flexibility index (Phi) is 3.70. The molecule has 0 amide bonds. The molecule has 2 rings (SSSR count). The van der Waals surface area contributed by atoms with Crippen molar-refractivity contribution in [2.75, 3.05) is 11.0 Å². The van der Waals surface area contributed by atoms with Gasteiger partial charge < -0.3 is 0 Å². The Morgan fingerprint density at radius 1 is 1.11 bits per heavy atom. The van der Waals surface area contributed by atoms with E-state index in [0.29, 0.717) is 11.3 Å². The van der Waals surface area contributed by atoms with Crippen LogP contribution in [0.3, 0.4) is 0 Å². The van der Waals surface area contributed by atoms with Crippen LogP contribution in [-0.2, 0) is 10.0 Å². The van der Waals surface area contributed by atoms with Gasteiger partial charge in [-0.1, -0.05) is 30.0 Å². The summed E-state index contributed by atoms with van der Waals surface area (Å²) in [6, 6.07) is 10.9. The molecule has 0 fully saturated rings. The molecule has 1 heterocycles. The molecule has 0 saturated heterocycles. The van der Waals surface area contributed by atoms with Crippen molar-refractivity contribution < 1.29 is 8.42 Å². The number of nitrogens with one attached hydrogen (secondary N) is 1. The van der Waals surface area contributed by atoms with Crippen molar-refractivity contribution in [3.63, 3.8) is 0 Å². The minimum Gasteiger partial charge on any atom is -0.283 e. The molecule has 5 heteroatoms. The van der Waals surface area contributed by atoms with E-state index in [1.807, 2.05) is 23.6 Å². The largest absolute Gasteiger partial charge is 0.283 e. The van der Waals surface area contributed by atoms with Crippen LogP contribution in [0.2, 0.25) is 0 Å². The van der Waals surface area contributed by atoms with E-state index in [0.717, 1.165) is 11.1 Å². The second kappa shape index (κ2) is 5.25. The minimum absolute atomic E-state index is 0.504. The summed E-state index contributed by atoms with van der Waals surface area (Å²) in [5, 5.41) is 1.95. The Morgan fingerprint density at radius 2 is 1.89 bits per heavy atom. The van der Waals surface area contributed by atoms with Gasteiger partial charge in [0, 0.05) is 5.56 Å². The van der Waals surface area contributed by atoms with Gasteiger partial charge in [-0.3, -0.25) is 4.72 Å². The van der Waals surface area contributed by atoms with Gasteiger partial charge >= 0.3 is 0 Å². The summed E-state index contributed by atoms with van der Waals surface area (Å²) < 4.78 is 24.9. The lowest BCUT2D eigenvalue weighted by Gasteiger charge is -2.05. The highest BCUT2D eigenvalue weighted by atomic mass is 32.2. The molecule has 0 spiro atoms. The van der Waals surface area contributed by atoms with Crippen LogP contribution in [0.5, 0.6) is 0 Å². The van der Waals surface area contributed by atoms with Gasteiger partial charge in [0.15, 0.2) is 0 Å². The van der Waals surface area contributed by atoms with Gasteiger partial charge in [-0.2, -0.15) is 0 Å². The highest BCUT2D eigenvalue weighted by Crippen LogP contribution is 2.15. The molecule has 18 heavy (non-hydrogen) atoms. The van der Waals surface area contributed by atoms with E-state index in [2.05, 4.69) is 16.6 Å². The van der Waals surface area contributed by atoms with Crippen LogP contribution >= 0.6 is 11.3 Å². The molecule has 0 aliphatic carbocycles. The molecule has 0 bridgehead atoms. The van der Waals surface area contributed by atoms with Crippen LogP contribution in [0.4, 0.5) is 5.69 Å². The van der Waals surface area contributed by atoms with Gasteiger partial charge in [-0.15, -0.1) is 11.3 Å². The second-order valence-electron chi connectivity index (χ2n) is 3.65. The zero-order chi connectivity index (χ0) is 13.0. The van der Waals surface area contributed by atoms with Crippen LogP contribution in [0.15, 0.2) is 41.8 Å². The smallest absolute Gasteiger partial charge is 0.229 e.